The number of carbonyl (C=O) groups is 2. The number of halogens is 1. The number of nitrogens with zero attached hydrogens (tertiary/aromatic N) is 1. The molecule has 1 aromatic heterocycles. The van der Waals surface area contributed by atoms with Gasteiger partial charge in [-0.2, -0.15) is 0 Å². The molecule has 3 aromatic rings. The Kier molecular flexibility index (Phi) is 5.27. The summed E-state index contributed by atoms with van der Waals surface area (Å²) in [6, 6.07) is 16.5. The number of hydrogen-bond donors (Lipinski definition) is 0. The maximum Gasteiger partial charge on any atom is 0.270 e. The topological polar surface area (TPSA) is 73.6 Å². The van der Waals surface area contributed by atoms with E-state index in [1.807, 2.05) is 0 Å². The van der Waals surface area contributed by atoms with Crippen molar-refractivity contribution in [1.29, 1.82) is 0 Å². The fraction of sp³-hybridized carbons (Fsp3) is 0. The zero-order chi connectivity index (χ0) is 20.5. The van der Waals surface area contributed by atoms with Gasteiger partial charge in [0.15, 0.2) is 4.32 Å². The molecule has 29 heavy (non-hydrogen) atoms. The lowest BCUT2D eigenvalue weighted by molar-refractivity contribution is -0.255. The van der Waals surface area contributed by atoms with Crippen molar-refractivity contribution in [3.05, 3.63) is 81.9 Å². The van der Waals surface area contributed by atoms with Gasteiger partial charge in [0.05, 0.1) is 16.6 Å². The molecule has 4 rings (SSSR count). The van der Waals surface area contributed by atoms with Crippen LogP contribution in [0.3, 0.4) is 0 Å². The summed E-state index contributed by atoms with van der Waals surface area (Å²) in [5.41, 5.74) is 1.45. The van der Waals surface area contributed by atoms with Gasteiger partial charge in [-0.05, 0) is 42.0 Å². The Morgan fingerprint density at radius 3 is 2.41 bits per heavy atom. The van der Waals surface area contributed by atoms with Crippen molar-refractivity contribution in [2.75, 3.05) is 4.90 Å². The van der Waals surface area contributed by atoms with E-state index < -0.39 is 5.97 Å². The first-order valence-corrected chi connectivity index (χ1v) is 9.98. The first kappa shape index (κ1) is 19.4. The number of carboxylic acids is 1. The van der Waals surface area contributed by atoms with Gasteiger partial charge in [0.25, 0.3) is 5.91 Å². The average Bonchev–Trinajstić information content (AvgIpc) is 3.28. The fourth-order valence-electron chi connectivity index (χ4n) is 2.77. The third-order valence-electron chi connectivity index (χ3n) is 4.18. The van der Waals surface area contributed by atoms with Crippen LogP contribution in [0, 0.1) is 0 Å². The zero-order valence-electron chi connectivity index (χ0n) is 14.6. The molecule has 0 spiro atoms. The molecule has 1 aliphatic heterocycles. The Morgan fingerprint density at radius 1 is 1.07 bits per heavy atom. The van der Waals surface area contributed by atoms with Gasteiger partial charge in [0.1, 0.15) is 11.5 Å². The second-order valence-electron chi connectivity index (χ2n) is 6.06. The molecule has 0 aliphatic carbocycles. The van der Waals surface area contributed by atoms with Gasteiger partial charge in [0, 0.05) is 16.7 Å². The molecule has 0 unspecified atom stereocenters. The summed E-state index contributed by atoms with van der Waals surface area (Å²) in [7, 11) is 0. The average molecular weight is 441 g/mol. The van der Waals surface area contributed by atoms with Crippen LogP contribution in [0.25, 0.3) is 17.4 Å². The van der Waals surface area contributed by atoms with Crippen molar-refractivity contribution in [2.45, 2.75) is 0 Å². The first-order valence-electron chi connectivity index (χ1n) is 8.37. The normalized spacial score (nSPS) is 15.3. The van der Waals surface area contributed by atoms with Crippen LogP contribution in [0.5, 0.6) is 0 Å². The zero-order valence-corrected chi connectivity index (χ0v) is 17.0. The van der Waals surface area contributed by atoms with Crippen LogP contribution in [-0.2, 0) is 4.79 Å². The number of thioether (sulfide) groups is 1. The van der Waals surface area contributed by atoms with Crippen molar-refractivity contribution in [3.8, 4) is 11.3 Å². The van der Waals surface area contributed by atoms with Crippen LogP contribution >= 0.6 is 35.6 Å². The quantitative estimate of drug-likeness (QED) is 0.443. The van der Waals surface area contributed by atoms with Crippen molar-refractivity contribution < 1.29 is 19.1 Å². The lowest BCUT2D eigenvalue weighted by Gasteiger charge is -2.14. The molecule has 0 radical (unpaired) electrons. The highest BCUT2D eigenvalue weighted by molar-refractivity contribution is 8.27. The number of aromatic carboxylic acids is 1. The maximum atomic E-state index is 12.8. The van der Waals surface area contributed by atoms with E-state index in [-0.39, 0.29) is 11.5 Å². The molecule has 1 amide bonds. The van der Waals surface area contributed by atoms with E-state index in [1.165, 1.54) is 28.8 Å². The standard InChI is InChI=1S/C21H12ClNO4S2/c22-14-5-7-15(8-6-14)23-19(24)18(29-21(23)28)11-16-9-10-17(27-16)12-1-3-13(4-2-12)20(25)26/h1-11H,(H,25,26)/p-1/b18-11+. The molecule has 1 fully saturated rings. The van der Waals surface area contributed by atoms with Crippen LogP contribution in [0.15, 0.2) is 70.0 Å². The van der Waals surface area contributed by atoms with Crippen LogP contribution in [-0.4, -0.2) is 16.2 Å². The summed E-state index contributed by atoms with van der Waals surface area (Å²) in [6.07, 6.45) is 1.63. The van der Waals surface area contributed by atoms with Gasteiger partial charge in [-0.25, -0.2) is 0 Å². The SMILES string of the molecule is O=C([O-])c1ccc(-c2ccc(/C=C3/SC(=S)N(c4ccc(Cl)cc4)C3=O)o2)cc1. The van der Waals surface area contributed by atoms with Crippen LogP contribution in [0.4, 0.5) is 5.69 Å². The predicted molar refractivity (Wildman–Crippen MR) is 116 cm³/mol. The van der Waals surface area contributed by atoms with Crippen molar-refractivity contribution in [1.82, 2.24) is 0 Å². The van der Waals surface area contributed by atoms with Gasteiger partial charge in [-0.3, -0.25) is 9.69 Å². The summed E-state index contributed by atoms with van der Waals surface area (Å²) < 4.78 is 6.21. The van der Waals surface area contributed by atoms with Gasteiger partial charge in [-0.1, -0.05) is 59.8 Å². The number of furan rings is 1. The second kappa shape index (κ2) is 7.87. The number of thiocarbonyl (C=S) groups is 1. The second-order valence-corrected chi connectivity index (χ2v) is 8.17. The predicted octanol–water partition coefficient (Wildman–Crippen LogP) is 4.37. The van der Waals surface area contributed by atoms with Crippen molar-refractivity contribution >= 4 is 63.5 Å². The van der Waals surface area contributed by atoms with E-state index >= 15 is 0 Å². The van der Waals surface area contributed by atoms with Crippen LogP contribution < -0.4 is 10.0 Å². The summed E-state index contributed by atoms with van der Waals surface area (Å²) >= 11 is 12.4. The van der Waals surface area contributed by atoms with E-state index in [0.717, 1.165) is 0 Å². The van der Waals surface area contributed by atoms with E-state index in [2.05, 4.69) is 0 Å². The molecule has 144 valence electrons. The largest absolute Gasteiger partial charge is 0.545 e. The summed E-state index contributed by atoms with van der Waals surface area (Å²) in [5, 5.41) is 11.4. The van der Waals surface area contributed by atoms with Gasteiger partial charge in [-0.15, -0.1) is 0 Å². The van der Waals surface area contributed by atoms with Crippen LogP contribution in [0.2, 0.25) is 5.02 Å². The Bertz CT molecular complexity index is 1150. The van der Waals surface area contributed by atoms with Gasteiger partial charge < -0.3 is 14.3 Å². The molecule has 2 aromatic carbocycles. The van der Waals surface area contributed by atoms with Crippen LogP contribution in [0.1, 0.15) is 16.1 Å². The fourth-order valence-corrected chi connectivity index (χ4v) is 4.17. The Labute approximate surface area is 180 Å². The summed E-state index contributed by atoms with van der Waals surface area (Å²) in [5.74, 6) is -0.437. The maximum absolute atomic E-state index is 12.8. The first-order chi connectivity index (χ1) is 13.9. The minimum atomic E-state index is -1.24. The molecule has 0 atom stereocenters. The van der Waals surface area contributed by atoms with Crippen molar-refractivity contribution in [3.63, 3.8) is 0 Å². The molecule has 1 saturated heterocycles. The van der Waals surface area contributed by atoms with E-state index in [9.17, 15) is 14.7 Å². The number of carbonyl (C=O) groups excluding carboxylic acids is 2. The third-order valence-corrected chi connectivity index (χ3v) is 5.74. The summed E-state index contributed by atoms with van der Waals surface area (Å²) in [4.78, 5) is 25.5. The highest BCUT2D eigenvalue weighted by Gasteiger charge is 2.33. The molecule has 5 nitrogen and oxygen atoms in total. The molecule has 1 aliphatic rings. The lowest BCUT2D eigenvalue weighted by atomic mass is 10.1. The Hall–Kier alpha value is -2.87. The van der Waals surface area contributed by atoms with Crippen molar-refractivity contribution in [2.24, 2.45) is 0 Å². The van der Waals surface area contributed by atoms with E-state index in [0.29, 0.717) is 37.0 Å². The number of amides is 1. The molecule has 0 N–H and O–H groups in total. The Balaban J connectivity index is 1.57. The summed E-state index contributed by atoms with van der Waals surface area (Å²) in [6.45, 7) is 0. The molecule has 0 saturated carbocycles. The third kappa shape index (κ3) is 3.98. The number of rotatable bonds is 4. The highest BCUT2D eigenvalue weighted by atomic mass is 35.5. The molecule has 2 heterocycles. The minimum Gasteiger partial charge on any atom is -0.545 e. The number of carboxylic acid groups (broad SMARTS) is 1. The Morgan fingerprint density at radius 2 is 1.76 bits per heavy atom. The number of anilines is 1. The molecule has 8 heteroatoms. The monoisotopic (exact) mass is 440 g/mol. The van der Waals surface area contributed by atoms with E-state index in [1.54, 1.807) is 54.6 Å². The number of hydrogen-bond acceptors (Lipinski definition) is 6. The molecular weight excluding hydrogens is 430 g/mol. The molecular formula is C21H11ClNO4S2-. The van der Waals surface area contributed by atoms with Gasteiger partial charge in [0.2, 0.25) is 0 Å². The minimum absolute atomic E-state index is 0.0893. The van der Waals surface area contributed by atoms with Gasteiger partial charge >= 0.3 is 0 Å². The highest BCUT2D eigenvalue weighted by Crippen LogP contribution is 2.37. The number of benzene rings is 2. The smallest absolute Gasteiger partial charge is 0.270 e. The van der Waals surface area contributed by atoms with E-state index in [4.69, 9.17) is 28.2 Å². The lowest BCUT2D eigenvalue weighted by Crippen LogP contribution is -2.27. The molecule has 0 bridgehead atoms.